The minimum Gasteiger partial charge on any atom is -0.497 e. The molecular weight excluding hydrogens is 322 g/mol. The number of carbonyl (C=O) groups is 1. The smallest absolute Gasteiger partial charge is 0.252 e. The van der Waals surface area contributed by atoms with Crippen LogP contribution < -0.4 is 10.1 Å². The molecule has 0 aromatic heterocycles. The van der Waals surface area contributed by atoms with Gasteiger partial charge >= 0.3 is 0 Å². The first kappa shape index (κ1) is 15.3. The highest BCUT2D eigenvalue weighted by Crippen LogP contribution is 2.34. The lowest BCUT2D eigenvalue weighted by Crippen LogP contribution is -2.44. The molecule has 1 aromatic carbocycles. The molecule has 0 radical (unpaired) electrons. The van der Waals surface area contributed by atoms with Crippen LogP contribution in [0.5, 0.6) is 5.75 Å². The Balaban J connectivity index is 2.05. The fraction of sp³-hybridized carbons (Fsp3) is 0.533. The molecule has 5 heteroatoms. The molecule has 1 amide bonds. The van der Waals surface area contributed by atoms with Gasteiger partial charge in [-0.15, -0.1) is 0 Å². The molecule has 1 aliphatic carbocycles. The Morgan fingerprint density at radius 3 is 2.95 bits per heavy atom. The maximum Gasteiger partial charge on any atom is 0.252 e. The summed E-state index contributed by atoms with van der Waals surface area (Å²) in [7, 11) is 1.56. The van der Waals surface area contributed by atoms with E-state index in [-0.39, 0.29) is 18.4 Å². The van der Waals surface area contributed by atoms with Gasteiger partial charge in [0.15, 0.2) is 0 Å². The van der Waals surface area contributed by atoms with E-state index in [1.165, 1.54) is 0 Å². The number of nitrogens with one attached hydrogen (secondary N) is 1. The fourth-order valence-corrected chi connectivity index (χ4v) is 3.05. The first-order valence-corrected chi connectivity index (χ1v) is 7.60. The van der Waals surface area contributed by atoms with Gasteiger partial charge < -0.3 is 15.2 Å². The van der Waals surface area contributed by atoms with Gasteiger partial charge in [-0.05, 0) is 52.9 Å². The normalized spacial score (nSPS) is 25.5. The summed E-state index contributed by atoms with van der Waals surface area (Å²) < 4.78 is 5.84. The molecule has 2 atom stereocenters. The summed E-state index contributed by atoms with van der Waals surface area (Å²) in [4.78, 5) is 12.2. The molecule has 1 aliphatic rings. The molecule has 4 nitrogen and oxygen atoms in total. The third-order valence-electron chi connectivity index (χ3n) is 4.14. The van der Waals surface area contributed by atoms with Gasteiger partial charge in [-0.1, -0.05) is 13.3 Å². The summed E-state index contributed by atoms with van der Waals surface area (Å²) >= 11 is 3.36. The molecule has 1 aromatic rings. The van der Waals surface area contributed by atoms with Crippen LogP contribution in [-0.2, 0) is 0 Å². The Morgan fingerprint density at radius 2 is 2.35 bits per heavy atom. The van der Waals surface area contributed by atoms with Gasteiger partial charge in [-0.3, -0.25) is 4.79 Å². The van der Waals surface area contributed by atoms with Crippen molar-refractivity contribution in [2.75, 3.05) is 13.7 Å². The van der Waals surface area contributed by atoms with E-state index < -0.39 is 5.60 Å². The van der Waals surface area contributed by atoms with Crippen molar-refractivity contribution in [1.29, 1.82) is 0 Å². The third kappa shape index (κ3) is 3.15. The molecule has 2 unspecified atom stereocenters. The topological polar surface area (TPSA) is 58.6 Å². The number of halogens is 1. The number of benzene rings is 1. The van der Waals surface area contributed by atoms with E-state index in [1.54, 1.807) is 25.3 Å². The zero-order chi connectivity index (χ0) is 14.8. The van der Waals surface area contributed by atoms with Gasteiger partial charge in [0.25, 0.3) is 5.91 Å². The standard InChI is InChI=1S/C15H20BrNO3/c1-10-4-3-7-15(10,19)9-17-14(18)12-8-11(20-2)5-6-13(12)16/h5-6,8,10,19H,3-4,7,9H2,1-2H3,(H,17,18). The van der Waals surface area contributed by atoms with Crippen molar-refractivity contribution >= 4 is 21.8 Å². The highest BCUT2D eigenvalue weighted by molar-refractivity contribution is 9.10. The van der Waals surface area contributed by atoms with E-state index >= 15 is 0 Å². The van der Waals surface area contributed by atoms with Gasteiger partial charge in [-0.2, -0.15) is 0 Å². The summed E-state index contributed by atoms with van der Waals surface area (Å²) in [5, 5.41) is 13.3. The number of ether oxygens (including phenoxy) is 1. The van der Waals surface area contributed by atoms with E-state index in [4.69, 9.17) is 4.74 Å². The summed E-state index contributed by atoms with van der Waals surface area (Å²) in [5.41, 5.74) is -0.264. The van der Waals surface area contributed by atoms with Crippen molar-refractivity contribution in [3.05, 3.63) is 28.2 Å². The van der Waals surface area contributed by atoms with Crippen LogP contribution in [-0.4, -0.2) is 30.3 Å². The molecule has 0 aliphatic heterocycles. The number of hydrogen-bond acceptors (Lipinski definition) is 3. The predicted molar refractivity (Wildman–Crippen MR) is 81.0 cm³/mol. The lowest BCUT2D eigenvalue weighted by molar-refractivity contribution is 0.0101. The monoisotopic (exact) mass is 341 g/mol. The van der Waals surface area contributed by atoms with Gasteiger partial charge in [0.2, 0.25) is 0 Å². The number of aliphatic hydroxyl groups is 1. The zero-order valence-corrected chi connectivity index (χ0v) is 13.4. The highest BCUT2D eigenvalue weighted by atomic mass is 79.9. The second kappa shape index (κ2) is 6.14. The number of carbonyl (C=O) groups excluding carboxylic acids is 1. The van der Waals surface area contributed by atoms with Gasteiger partial charge in [0.1, 0.15) is 5.75 Å². The largest absolute Gasteiger partial charge is 0.497 e. The summed E-state index contributed by atoms with van der Waals surface area (Å²) in [6.45, 7) is 2.32. The Bertz CT molecular complexity index is 506. The second-order valence-corrected chi connectivity index (χ2v) is 6.28. The maximum atomic E-state index is 12.2. The minimum absolute atomic E-state index is 0.205. The molecule has 110 valence electrons. The second-order valence-electron chi connectivity index (χ2n) is 5.43. The fourth-order valence-electron chi connectivity index (χ4n) is 2.63. The summed E-state index contributed by atoms with van der Waals surface area (Å²) in [5.74, 6) is 0.645. The first-order valence-electron chi connectivity index (χ1n) is 6.80. The highest BCUT2D eigenvalue weighted by Gasteiger charge is 2.38. The molecule has 1 saturated carbocycles. The summed E-state index contributed by atoms with van der Waals surface area (Å²) in [6, 6.07) is 5.25. The molecule has 0 heterocycles. The van der Waals surface area contributed by atoms with Gasteiger partial charge in [0.05, 0.1) is 18.3 Å². The van der Waals surface area contributed by atoms with Crippen LogP contribution in [0.3, 0.4) is 0 Å². The predicted octanol–water partition coefficient (Wildman–Crippen LogP) is 2.74. The van der Waals surface area contributed by atoms with Crippen LogP contribution in [0.25, 0.3) is 0 Å². The van der Waals surface area contributed by atoms with Crippen LogP contribution >= 0.6 is 15.9 Å². The molecule has 0 bridgehead atoms. The molecule has 0 saturated heterocycles. The minimum atomic E-state index is -0.777. The van der Waals surface area contributed by atoms with E-state index in [0.717, 1.165) is 19.3 Å². The van der Waals surface area contributed by atoms with Crippen molar-refractivity contribution in [3.63, 3.8) is 0 Å². The number of hydrogen-bond donors (Lipinski definition) is 2. The van der Waals surface area contributed by atoms with Crippen molar-refractivity contribution < 1.29 is 14.6 Å². The van der Waals surface area contributed by atoms with Gasteiger partial charge in [0, 0.05) is 11.0 Å². The Hall–Kier alpha value is -1.07. The molecular formula is C15H20BrNO3. The van der Waals surface area contributed by atoms with E-state index in [0.29, 0.717) is 15.8 Å². The van der Waals surface area contributed by atoms with E-state index in [2.05, 4.69) is 21.2 Å². The van der Waals surface area contributed by atoms with Crippen LogP contribution in [0, 0.1) is 5.92 Å². The Morgan fingerprint density at radius 1 is 1.60 bits per heavy atom. The molecule has 0 spiro atoms. The Labute approximate surface area is 127 Å². The van der Waals surface area contributed by atoms with Crippen LogP contribution in [0.15, 0.2) is 22.7 Å². The maximum absolute atomic E-state index is 12.2. The SMILES string of the molecule is COc1ccc(Br)c(C(=O)NCC2(O)CCCC2C)c1. The molecule has 2 N–H and O–H groups in total. The average Bonchev–Trinajstić information content (AvgIpc) is 2.77. The van der Waals surface area contributed by atoms with Crippen molar-refractivity contribution in [2.45, 2.75) is 31.8 Å². The van der Waals surface area contributed by atoms with Crippen LogP contribution in [0.1, 0.15) is 36.5 Å². The Kier molecular flexibility index (Phi) is 4.70. The number of rotatable bonds is 4. The molecule has 20 heavy (non-hydrogen) atoms. The summed E-state index contributed by atoms with van der Waals surface area (Å²) in [6.07, 6.45) is 2.76. The number of methoxy groups -OCH3 is 1. The lowest BCUT2D eigenvalue weighted by atomic mass is 9.92. The molecule has 1 fully saturated rings. The number of amides is 1. The average molecular weight is 342 g/mol. The quantitative estimate of drug-likeness (QED) is 0.885. The van der Waals surface area contributed by atoms with Crippen LogP contribution in [0.4, 0.5) is 0 Å². The van der Waals surface area contributed by atoms with Gasteiger partial charge in [-0.25, -0.2) is 0 Å². The third-order valence-corrected chi connectivity index (χ3v) is 4.83. The van der Waals surface area contributed by atoms with Crippen molar-refractivity contribution in [3.8, 4) is 5.75 Å². The van der Waals surface area contributed by atoms with Crippen molar-refractivity contribution in [1.82, 2.24) is 5.32 Å². The first-order chi connectivity index (χ1) is 9.46. The zero-order valence-electron chi connectivity index (χ0n) is 11.8. The lowest BCUT2D eigenvalue weighted by Gasteiger charge is -2.28. The van der Waals surface area contributed by atoms with Crippen LogP contribution in [0.2, 0.25) is 0 Å². The van der Waals surface area contributed by atoms with E-state index in [9.17, 15) is 9.90 Å². The van der Waals surface area contributed by atoms with E-state index in [1.807, 2.05) is 6.92 Å². The van der Waals surface area contributed by atoms with Crippen molar-refractivity contribution in [2.24, 2.45) is 5.92 Å². The molecule has 2 rings (SSSR count).